The molecule has 1 fully saturated rings. The largest absolute Gasteiger partial charge is 0.393 e. The summed E-state index contributed by atoms with van der Waals surface area (Å²) in [6.07, 6.45) is 1.75. The molecule has 1 aromatic rings. The Morgan fingerprint density at radius 2 is 2.13 bits per heavy atom. The minimum Gasteiger partial charge on any atom is -0.393 e. The molecule has 3 nitrogen and oxygen atoms in total. The highest BCUT2D eigenvalue weighted by molar-refractivity contribution is 5.26. The number of nitrogens with zero attached hydrogens (tertiary/aromatic N) is 1. The number of aliphatic hydroxyl groups is 1. The molecular formula is C12H20N2O. The normalized spacial score (nSPS) is 25.3. The lowest BCUT2D eigenvalue weighted by Crippen LogP contribution is -2.43. The van der Waals surface area contributed by atoms with Gasteiger partial charge in [-0.15, -0.1) is 0 Å². The first-order chi connectivity index (χ1) is 7.08. The smallest absolute Gasteiger partial charge is 0.0570 e. The van der Waals surface area contributed by atoms with Crippen molar-refractivity contribution in [3.8, 4) is 0 Å². The van der Waals surface area contributed by atoms with Crippen LogP contribution >= 0.6 is 0 Å². The van der Waals surface area contributed by atoms with Crippen LogP contribution in [0.2, 0.25) is 0 Å². The predicted molar refractivity (Wildman–Crippen MR) is 60.8 cm³/mol. The van der Waals surface area contributed by atoms with Gasteiger partial charge in [-0.25, -0.2) is 0 Å². The molecule has 1 saturated carbocycles. The molecule has 0 saturated heterocycles. The molecule has 1 aliphatic carbocycles. The third-order valence-corrected chi connectivity index (χ3v) is 3.57. The van der Waals surface area contributed by atoms with E-state index in [1.165, 1.54) is 17.0 Å². The van der Waals surface area contributed by atoms with E-state index in [-0.39, 0.29) is 6.10 Å². The van der Waals surface area contributed by atoms with Crippen LogP contribution in [0, 0.1) is 13.8 Å². The molecule has 0 radical (unpaired) electrons. The average Bonchev–Trinajstić information content (AvgIpc) is 2.39. The molecule has 0 atom stereocenters. The van der Waals surface area contributed by atoms with Gasteiger partial charge in [0.1, 0.15) is 0 Å². The quantitative estimate of drug-likeness (QED) is 0.784. The molecule has 0 unspecified atom stereocenters. The van der Waals surface area contributed by atoms with Crippen molar-refractivity contribution in [3.05, 3.63) is 23.0 Å². The SMILES string of the molecule is Cc1cc(CNC2CC(O)C2)c(C)n1C. The Morgan fingerprint density at radius 1 is 1.47 bits per heavy atom. The minimum absolute atomic E-state index is 0.0684. The molecule has 0 aromatic carbocycles. The summed E-state index contributed by atoms with van der Waals surface area (Å²) in [4.78, 5) is 0. The molecule has 0 spiro atoms. The fourth-order valence-corrected chi connectivity index (χ4v) is 2.12. The molecule has 0 amide bonds. The average molecular weight is 208 g/mol. The topological polar surface area (TPSA) is 37.2 Å². The van der Waals surface area contributed by atoms with Gasteiger partial charge >= 0.3 is 0 Å². The van der Waals surface area contributed by atoms with E-state index in [0.717, 1.165) is 19.4 Å². The zero-order chi connectivity index (χ0) is 11.0. The van der Waals surface area contributed by atoms with Crippen LogP contribution in [0.5, 0.6) is 0 Å². The maximum absolute atomic E-state index is 9.17. The van der Waals surface area contributed by atoms with Crippen LogP contribution in [-0.4, -0.2) is 21.8 Å². The number of hydrogen-bond donors (Lipinski definition) is 2. The first-order valence-electron chi connectivity index (χ1n) is 5.61. The van der Waals surface area contributed by atoms with E-state index in [1.54, 1.807) is 0 Å². The van der Waals surface area contributed by atoms with Gasteiger partial charge in [0.2, 0.25) is 0 Å². The van der Waals surface area contributed by atoms with Gasteiger partial charge in [0.25, 0.3) is 0 Å². The maximum atomic E-state index is 9.17. The van der Waals surface area contributed by atoms with Gasteiger partial charge in [-0.05, 0) is 38.3 Å². The minimum atomic E-state index is -0.0684. The second-order valence-corrected chi connectivity index (χ2v) is 4.66. The molecule has 0 aliphatic heterocycles. The molecule has 1 heterocycles. The Bertz CT molecular complexity index is 351. The molecule has 2 rings (SSSR count). The van der Waals surface area contributed by atoms with Crippen LogP contribution in [-0.2, 0) is 13.6 Å². The first kappa shape index (κ1) is 10.7. The highest BCUT2D eigenvalue weighted by atomic mass is 16.3. The van der Waals surface area contributed by atoms with Crippen molar-refractivity contribution in [1.29, 1.82) is 0 Å². The number of hydrogen-bond acceptors (Lipinski definition) is 2. The van der Waals surface area contributed by atoms with Gasteiger partial charge in [0.05, 0.1) is 6.10 Å². The molecule has 84 valence electrons. The van der Waals surface area contributed by atoms with Crippen LogP contribution < -0.4 is 5.32 Å². The molecule has 1 aromatic heterocycles. The van der Waals surface area contributed by atoms with Crippen molar-refractivity contribution in [2.24, 2.45) is 7.05 Å². The van der Waals surface area contributed by atoms with E-state index < -0.39 is 0 Å². The zero-order valence-electron chi connectivity index (χ0n) is 9.75. The number of aryl methyl sites for hydroxylation is 1. The summed E-state index contributed by atoms with van der Waals surface area (Å²) in [5.74, 6) is 0. The van der Waals surface area contributed by atoms with Gasteiger partial charge in [0, 0.05) is 31.0 Å². The predicted octanol–water partition coefficient (Wildman–Crippen LogP) is 1.25. The molecule has 3 heteroatoms. The Labute approximate surface area is 91.1 Å². The Balaban J connectivity index is 1.91. The monoisotopic (exact) mass is 208 g/mol. The number of rotatable bonds is 3. The van der Waals surface area contributed by atoms with E-state index in [2.05, 4.69) is 36.8 Å². The van der Waals surface area contributed by atoms with Crippen LogP contribution in [0.1, 0.15) is 29.8 Å². The summed E-state index contributed by atoms with van der Waals surface area (Å²) in [6, 6.07) is 2.75. The van der Waals surface area contributed by atoms with E-state index in [4.69, 9.17) is 0 Å². The van der Waals surface area contributed by atoms with E-state index in [1.807, 2.05) is 0 Å². The molecule has 15 heavy (non-hydrogen) atoms. The molecule has 1 aliphatic rings. The lowest BCUT2D eigenvalue weighted by molar-refractivity contribution is 0.0619. The Kier molecular flexibility index (Phi) is 2.85. The zero-order valence-corrected chi connectivity index (χ0v) is 9.75. The van der Waals surface area contributed by atoms with E-state index >= 15 is 0 Å². The van der Waals surface area contributed by atoms with Crippen molar-refractivity contribution in [2.75, 3.05) is 0 Å². The molecule has 0 bridgehead atoms. The fraction of sp³-hybridized carbons (Fsp3) is 0.667. The first-order valence-corrected chi connectivity index (χ1v) is 5.61. The van der Waals surface area contributed by atoms with E-state index in [0.29, 0.717) is 6.04 Å². The highest BCUT2D eigenvalue weighted by Gasteiger charge is 2.26. The number of nitrogens with one attached hydrogen (secondary N) is 1. The fourth-order valence-electron chi connectivity index (χ4n) is 2.12. The molecular weight excluding hydrogens is 188 g/mol. The number of aromatic nitrogens is 1. The summed E-state index contributed by atoms with van der Waals surface area (Å²) in [7, 11) is 2.10. The number of aliphatic hydroxyl groups excluding tert-OH is 1. The second-order valence-electron chi connectivity index (χ2n) is 4.66. The van der Waals surface area contributed by atoms with Crippen molar-refractivity contribution < 1.29 is 5.11 Å². The molecule has 2 N–H and O–H groups in total. The van der Waals surface area contributed by atoms with E-state index in [9.17, 15) is 5.11 Å². The van der Waals surface area contributed by atoms with Gasteiger partial charge in [-0.1, -0.05) is 0 Å². The van der Waals surface area contributed by atoms with Crippen molar-refractivity contribution in [1.82, 2.24) is 9.88 Å². The lowest BCUT2D eigenvalue weighted by atomic mass is 9.89. The summed E-state index contributed by atoms with van der Waals surface area (Å²) >= 11 is 0. The van der Waals surface area contributed by atoms with Gasteiger partial charge in [-0.2, -0.15) is 0 Å². The second kappa shape index (κ2) is 3.99. The van der Waals surface area contributed by atoms with Crippen molar-refractivity contribution >= 4 is 0 Å². The van der Waals surface area contributed by atoms with Crippen molar-refractivity contribution in [2.45, 2.75) is 45.4 Å². The van der Waals surface area contributed by atoms with Gasteiger partial charge in [0.15, 0.2) is 0 Å². The summed E-state index contributed by atoms with van der Waals surface area (Å²) in [6.45, 7) is 5.20. The summed E-state index contributed by atoms with van der Waals surface area (Å²) in [5.41, 5.74) is 4.01. The third-order valence-electron chi connectivity index (χ3n) is 3.57. The van der Waals surface area contributed by atoms with Gasteiger partial charge < -0.3 is 15.0 Å². The highest BCUT2D eigenvalue weighted by Crippen LogP contribution is 2.20. The van der Waals surface area contributed by atoms with Crippen LogP contribution in [0.15, 0.2) is 6.07 Å². The maximum Gasteiger partial charge on any atom is 0.0570 e. The lowest BCUT2D eigenvalue weighted by Gasteiger charge is -2.32. The third kappa shape index (κ3) is 2.08. The van der Waals surface area contributed by atoms with Crippen LogP contribution in [0.25, 0.3) is 0 Å². The van der Waals surface area contributed by atoms with Crippen LogP contribution in [0.4, 0.5) is 0 Å². The summed E-state index contributed by atoms with van der Waals surface area (Å²) < 4.78 is 2.21. The van der Waals surface area contributed by atoms with Gasteiger partial charge in [-0.3, -0.25) is 0 Å². The Morgan fingerprint density at radius 3 is 2.60 bits per heavy atom. The van der Waals surface area contributed by atoms with Crippen LogP contribution in [0.3, 0.4) is 0 Å². The van der Waals surface area contributed by atoms with Crippen molar-refractivity contribution in [3.63, 3.8) is 0 Å². The Hall–Kier alpha value is -0.800. The summed E-state index contributed by atoms with van der Waals surface area (Å²) in [5, 5.41) is 12.6. The standard InChI is InChI=1S/C12H20N2O/c1-8-4-10(9(2)14(8)3)7-13-11-5-12(15)6-11/h4,11-13,15H,5-7H2,1-3H3.